The maximum absolute atomic E-state index is 11.6. The molecule has 0 fully saturated rings. The normalized spacial score (nSPS) is 12.4. The molecule has 1 unspecified atom stereocenters. The number of benzene rings is 3. The number of halogens is 1. The van der Waals surface area contributed by atoms with Crippen LogP contribution in [0, 0.1) is 0 Å². The molecule has 4 heteroatoms. The molecule has 0 radical (unpaired) electrons. The van der Waals surface area contributed by atoms with Crippen LogP contribution >= 0.6 is 11.6 Å². The summed E-state index contributed by atoms with van der Waals surface area (Å²) in [6, 6.07) is 26.4. The molecule has 1 aromatic heterocycles. The number of hydrogen-bond donors (Lipinski definition) is 1. The fraction of sp³-hybridized carbons (Fsp3) is 0.323. The molecule has 0 saturated carbocycles. The lowest BCUT2D eigenvalue weighted by molar-refractivity contribution is 0.112. The first kappa shape index (κ1) is 25.4. The largest absolute Gasteiger partial charge is 0.387 e. The maximum Gasteiger partial charge on any atom is 0.0924 e. The summed E-state index contributed by atoms with van der Waals surface area (Å²) in [5.41, 5.74) is 5.86. The Morgan fingerprint density at radius 2 is 1.51 bits per heavy atom. The van der Waals surface area contributed by atoms with Gasteiger partial charge in [-0.2, -0.15) is 0 Å². The fourth-order valence-electron chi connectivity index (χ4n) is 4.57. The molecule has 0 aliphatic carbocycles. The van der Waals surface area contributed by atoms with Gasteiger partial charge in [-0.3, -0.25) is 0 Å². The molecule has 0 aliphatic rings. The Morgan fingerprint density at radius 3 is 2.17 bits per heavy atom. The number of aliphatic hydroxyl groups excluding tert-OH is 1. The molecule has 3 aromatic carbocycles. The van der Waals surface area contributed by atoms with Crippen LogP contribution in [0.25, 0.3) is 33.3 Å². The predicted octanol–water partition coefficient (Wildman–Crippen LogP) is 8.16. The zero-order chi connectivity index (χ0) is 24.6. The first-order valence-electron chi connectivity index (χ1n) is 12.8. The third-order valence-corrected chi connectivity index (χ3v) is 6.79. The van der Waals surface area contributed by atoms with Gasteiger partial charge in [-0.1, -0.05) is 99.0 Å². The molecule has 4 aromatic rings. The summed E-state index contributed by atoms with van der Waals surface area (Å²) in [5.74, 6) is 0. The summed E-state index contributed by atoms with van der Waals surface area (Å²) >= 11 is 6.16. The van der Waals surface area contributed by atoms with Crippen molar-refractivity contribution in [1.82, 2.24) is 9.88 Å². The van der Waals surface area contributed by atoms with E-state index in [-0.39, 0.29) is 0 Å². The van der Waals surface area contributed by atoms with Gasteiger partial charge in [-0.05, 0) is 55.3 Å². The lowest BCUT2D eigenvalue weighted by Gasteiger charge is -2.26. The molecule has 4 rings (SSSR count). The van der Waals surface area contributed by atoms with E-state index in [2.05, 4.69) is 55.1 Å². The second kappa shape index (κ2) is 12.3. The Labute approximate surface area is 214 Å². The number of pyridine rings is 1. The SMILES string of the molecule is CCCCN(CCCC)CC(O)c1cc(-c2ccc(Cl)cc2)nc2c(-c3ccccc3)cccc12. The molecule has 1 heterocycles. The van der Waals surface area contributed by atoms with Crippen molar-refractivity contribution in [2.24, 2.45) is 0 Å². The molecular formula is C31H35ClN2O. The number of hydrogen-bond acceptors (Lipinski definition) is 3. The van der Waals surface area contributed by atoms with Crippen molar-refractivity contribution in [3.8, 4) is 22.4 Å². The zero-order valence-electron chi connectivity index (χ0n) is 20.8. The highest BCUT2D eigenvalue weighted by Gasteiger charge is 2.19. The summed E-state index contributed by atoms with van der Waals surface area (Å²) in [7, 11) is 0. The zero-order valence-corrected chi connectivity index (χ0v) is 21.5. The smallest absolute Gasteiger partial charge is 0.0924 e. The minimum absolute atomic E-state index is 0.605. The third-order valence-electron chi connectivity index (χ3n) is 6.54. The van der Waals surface area contributed by atoms with Crippen molar-refractivity contribution < 1.29 is 5.11 Å². The van der Waals surface area contributed by atoms with Gasteiger partial charge >= 0.3 is 0 Å². The Bertz CT molecular complexity index is 1220. The van der Waals surface area contributed by atoms with Crippen LogP contribution in [0.1, 0.15) is 51.2 Å². The van der Waals surface area contributed by atoms with Crippen LogP contribution < -0.4 is 0 Å². The molecule has 0 aliphatic heterocycles. The van der Waals surface area contributed by atoms with Crippen LogP contribution in [0.2, 0.25) is 5.02 Å². The summed E-state index contributed by atoms with van der Waals surface area (Å²) in [6.07, 6.45) is 3.98. The summed E-state index contributed by atoms with van der Waals surface area (Å²) < 4.78 is 0. The molecule has 1 N–H and O–H groups in total. The number of fused-ring (bicyclic) bond motifs is 1. The average molecular weight is 487 g/mol. The van der Waals surface area contributed by atoms with Gasteiger partial charge in [0.1, 0.15) is 0 Å². The van der Waals surface area contributed by atoms with Gasteiger partial charge in [0.2, 0.25) is 0 Å². The first-order valence-corrected chi connectivity index (χ1v) is 13.1. The Balaban J connectivity index is 1.82. The average Bonchev–Trinajstić information content (AvgIpc) is 2.90. The third kappa shape index (κ3) is 6.29. The lowest BCUT2D eigenvalue weighted by Crippen LogP contribution is -2.31. The van der Waals surface area contributed by atoms with E-state index < -0.39 is 6.10 Å². The van der Waals surface area contributed by atoms with Gasteiger partial charge in [0, 0.05) is 28.1 Å². The number of aliphatic hydroxyl groups is 1. The highest BCUT2D eigenvalue weighted by molar-refractivity contribution is 6.30. The van der Waals surface area contributed by atoms with Crippen LogP contribution in [-0.2, 0) is 0 Å². The standard InChI is InChI=1S/C31H35ClN2O/c1-3-5-19-34(20-6-4-2)22-30(35)28-21-29(24-15-17-25(32)18-16-24)33-31-26(13-10-14-27(28)31)23-11-8-7-9-12-23/h7-18,21,30,35H,3-6,19-20,22H2,1-2H3. The number of aromatic nitrogens is 1. The van der Waals surface area contributed by atoms with E-state index in [1.165, 1.54) is 0 Å². The van der Waals surface area contributed by atoms with Crippen molar-refractivity contribution in [2.45, 2.75) is 45.6 Å². The summed E-state index contributed by atoms with van der Waals surface area (Å²) in [6.45, 7) is 7.07. The van der Waals surface area contributed by atoms with Gasteiger partial charge in [0.15, 0.2) is 0 Å². The Hall–Kier alpha value is -2.72. The monoisotopic (exact) mass is 486 g/mol. The summed E-state index contributed by atoms with van der Waals surface area (Å²) in [4.78, 5) is 7.51. The second-order valence-corrected chi connectivity index (χ2v) is 9.63. The molecule has 3 nitrogen and oxygen atoms in total. The van der Waals surface area contributed by atoms with E-state index in [9.17, 15) is 5.11 Å². The van der Waals surface area contributed by atoms with Crippen LogP contribution in [0.5, 0.6) is 0 Å². The van der Waals surface area contributed by atoms with Crippen molar-refractivity contribution in [2.75, 3.05) is 19.6 Å². The molecule has 0 saturated heterocycles. The lowest BCUT2D eigenvalue weighted by atomic mass is 9.95. The van der Waals surface area contributed by atoms with E-state index in [0.29, 0.717) is 11.6 Å². The van der Waals surface area contributed by atoms with E-state index in [1.807, 2.05) is 42.5 Å². The van der Waals surface area contributed by atoms with E-state index in [1.54, 1.807) is 0 Å². The quantitative estimate of drug-likeness (QED) is 0.232. The van der Waals surface area contributed by atoms with Crippen LogP contribution in [0.4, 0.5) is 0 Å². The van der Waals surface area contributed by atoms with Gasteiger partial charge in [-0.15, -0.1) is 0 Å². The molecule has 1 atom stereocenters. The van der Waals surface area contributed by atoms with Crippen molar-refractivity contribution in [3.05, 3.63) is 89.4 Å². The number of rotatable bonds is 11. The van der Waals surface area contributed by atoms with E-state index in [4.69, 9.17) is 16.6 Å². The number of para-hydroxylation sites is 1. The Kier molecular flexibility index (Phi) is 8.92. The number of unbranched alkanes of at least 4 members (excludes halogenated alkanes) is 2. The van der Waals surface area contributed by atoms with Crippen LogP contribution in [0.15, 0.2) is 78.9 Å². The van der Waals surface area contributed by atoms with Crippen molar-refractivity contribution in [3.63, 3.8) is 0 Å². The van der Waals surface area contributed by atoms with Crippen LogP contribution in [-0.4, -0.2) is 34.6 Å². The molecule has 182 valence electrons. The predicted molar refractivity (Wildman–Crippen MR) is 149 cm³/mol. The van der Waals surface area contributed by atoms with Gasteiger partial charge < -0.3 is 10.0 Å². The topological polar surface area (TPSA) is 36.4 Å². The number of nitrogens with zero attached hydrogens (tertiary/aromatic N) is 2. The minimum Gasteiger partial charge on any atom is -0.387 e. The van der Waals surface area contributed by atoms with E-state index >= 15 is 0 Å². The van der Waals surface area contributed by atoms with Crippen molar-refractivity contribution >= 4 is 22.5 Å². The van der Waals surface area contributed by atoms with Crippen molar-refractivity contribution in [1.29, 1.82) is 0 Å². The second-order valence-electron chi connectivity index (χ2n) is 9.19. The molecule has 0 amide bonds. The molecule has 0 spiro atoms. The summed E-state index contributed by atoms with van der Waals surface area (Å²) in [5, 5.41) is 13.3. The molecule has 35 heavy (non-hydrogen) atoms. The molecule has 0 bridgehead atoms. The Morgan fingerprint density at radius 1 is 0.829 bits per heavy atom. The van der Waals surface area contributed by atoms with E-state index in [0.717, 1.165) is 77.6 Å². The first-order chi connectivity index (χ1) is 17.1. The fourth-order valence-corrected chi connectivity index (χ4v) is 4.70. The maximum atomic E-state index is 11.6. The van der Waals surface area contributed by atoms with Crippen LogP contribution in [0.3, 0.4) is 0 Å². The van der Waals surface area contributed by atoms with Gasteiger partial charge in [0.05, 0.1) is 17.3 Å². The minimum atomic E-state index is -0.605. The highest BCUT2D eigenvalue weighted by atomic mass is 35.5. The van der Waals surface area contributed by atoms with Gasteiger partial charge in [0.25, 0.3) is 0 Å². The highest BCUT2D eigenvalue weighted by Crippen LogP contribution is 2.35. The molecular weight excluding hydrogens is 452 g/mol. The van der Waals surface area contributed by atoms with Gasteiger partial charge in [-0.25, -0.2) is 4.98 Å².